The minimum Gasteiger partial charge on any atom is -0.271 e. The Labute approximate surface area is 102 Å². The zero-order valence-electron chi connectivity index (χ0n) is 10.6. The number of hydrazine groups is 1. The molecule has 0 amide bonds. The van der Waals surface area contributed by atoms with E-state index in [9.17, 15) is 0 Å². The molecule has 3 unspecified atom stereocenters. The summed E-state index contributed by atoms with van der Waals surface area (Å²) in [5.41, 5.74) is 2.93. The van der Waals surface area contributed by atoms with Crippen molar-refractivity contribution in [1.29, 1.82) is 0 Å². The van der Waals surface area contributed by atoms with E-state index in [2.05, 4.69) is 27.8 Å². The minimum atomic E-state index is 0.266. The maximum Gasteiger partial charge on any atom is 0.176 e. The summed E-state index contributed by atoms with van der Waals surface area (Å²) in [5, 5.41) is 12.1. The maximum atomic E-state index is 5.67. The summed E-state index contributed by atoms with van der Waals surface area (Å²) in [5.74, 6) is 7.88. The zero-order chi connectivity index (χ0) is 12.3. The van der Waals surface area contributed by atoms with Gasteiger partial charge in [0.25, 0.3) is 0 Å². The lowest BCUT2D eigenvalue weighted by Gasteiger charge is -2.32. The van der Waals surface area contributed by atoms with Crippen LogP contribution in [0.5, 0.6) is 0 Å². The Balaban J connectivity index is 1.95. The van der Waals surface area contributed by atoms with Crippen LogP contribution in [0, 0.1) is 11.8 Å². The number of hydrogen-bond acceptors (Lipinski definition) is 5. The summed E-state index contributed by atoms with van der Waals surface area (Å²) in [6, 6.07) is 0.266. The number of tetrazole rings is 1. The number of hydrogen-bond donors (Lipinski definition) is 2. The first-order valence-electron chi connectivity index (χ1n) is 6.38. The molecule has 1 fully saturated rings. The molecule has 17 heavy (non-hydrogen) atoms. The first kappa shape index (κ1) is 12.4. The highest BCUT2D eigenvalue weighted by molar-refractivity contribution is 4.89. The number of nitrogens with zero attached hydrogens (tertiary/aromatic N) is 4. The molecule has 0 aromatic carbocycles. The molecule has 0 saturated heterocycles. The molecule has 1 aromatic heterocycles. The highest BCUT2D eigenvalue weighted by atomic mass is 15.6. The molecular weight excluding hydrogens is 216 g/mol. The van der Waals surface area contributed by atoms with Crippen LogP contribution in [0.15, 0.2) is 0 Å². The van der Waals surface area contributed by atoms with Gasteiger partial charge in [-0.05, 0) is 29.9 Å². The number of nitrogens with one attached hydrogen (secondary N) is 1. The van der Waals surface area contributed by atoms with Crippen LogP contribution >= 0.6 is 0 Å². The third-order valence-corrected chi connectivity index (χ3v) is 3.71. The molecule has 0 radical (unpaired) electrons. The van der Waals surface area contributed by atoms with Gasteiger partial charge in [-0.25, -0.2) is 0 Å². The van der Waals surface area contributed by atoms with Gasteiger partial charge in [0.15, 0.2) is 5.82 Å². The van der Waals surface area contributed by atoms with Gasteiger partial charge in [0.05, 0.1) is 7.05 Å². The van der Waals surface area contributed by atoms with E-state index < -0.39 is 0 Å². The molecule has 0 bridgehead atoms. The lowest BCUT2D eigenvalue weighted by molar-refractivity contribution is 0.220. The molecular formula is C11H22N6. The topological polar surface area (TPSA) is 81.7 Å². The quantitative estimate of drug-likeness (QED) is 0.586. The smallest absolute Gasteiger partial charge is 0.176 e. The number of nitrogens with two attached hydrogens (primary N) is 1. The van der Waals surface area contributed by atoms with Gasteiger partial charge in [0.2, 0.25) is 0 Å². The largest absolute Gasteiger partial charge is 0.271 e. The summed E-state index contributed by atoms with van der Waals surface area (Å²) in [7, 11) is 1.78. The molecule has 1 aromatic rings. The summed E-state index contributed by atoms with van der Waals surface area (Å²) in [6.07, 6.45) is 5.91. The maximum absolute atomic E-state index is 5.67. The first-order valence-corrected chi connectivity index (χ1v) is 6.38. The van der Waals surface area contributed by atoms with Crippen LogP contribution in [0.4, 0.5) is 0 Å². The summed E-state index contributed by atoms with van der Waals surface area (Å²) in [4.78, 5) is 1.49. The molecule has 1 saturated carbocycles. The summed E-state index contributed by atoms with van der Waals surface area (Å²) in [6.45, 7) is 2.32. The molecule has 0 spiro atoms. The highest BCUT2D eigenvalue weighted by Gasteiger charge is 2.27. The summed E-state index contributed by atoms with van der Waals surface area (Å²) >= 11 is 0. The van der Waals surface area contributed by atoms with E-state index in [1.165, 1.54) is 30.5 Å². The zero-order valence-corrected chi connectivity index (χ0v) is 10.6. The molecule has 2 rings (SSSR count). The average Bonchev–Trinajstić information content (AvgIpc) is 2.72. The Morgan fingerprint density at radius 2 is 2.35 bits per heavy atom. The van der Waals surface area contributed by atoms with Crippen LogP contribution in [-0.4, -0.2) is 26.2 Å². The van der Waals surface area contributed by atoms with E-state index in [-0.39, 0.29) is 6.04 Å². The first-order chi connectivity index (χ1) is 8.19. The second-order valence-electron chi connectivity index (χ2n) is 5.20. The van der Waals surface area contributed by atoms with Gasteiger partial charge < -0.3 is 0 Å². The van der Waals surface area contributed by atoms with E-state index in [1.54, 1.807) is 7.05 Å². The van der Waals surface area contributed by atoms with Crippen molar-refractivity contribution in [2.45, 2.75) is 45.1 Å². The van der Waals surface area contributed by atoms with E-state index in [4.69, 9.17) is 5.84 Å². The molecule has 96 valence electrons. The Morgan fingerprint density at radius 1 is 1.53 bits per heavy atom. The van der Waals surface area contributed by atoms with Crippen molar-refractivity contribution >= 4 is 0 Å². The number of aromatic nitrogens is 4. The highest BCUT2D eigenvalue weighted by Crippen LogP contribution is 2.31. The van der Waals surface area contributed by atoms with Crippen LogP contribution in [0.3, 0.4) is 0 Å². The van der Waals surface area contributed by atoms with Gasteiger partial charge in [-0.1, -0.05) is 19.8 Å². The monoisotopic (exact) mass is 238 g/mol. The predicted octanol–water partition coefficient (Wildman–Crippen LogP) is 0.411. The third kappa shape index (κ3) is 3.23. The fourth-order valence-electron chi connectivity index (χ4n) is 2.81. The Morgan fingerprint density at radius 3 is 2.94 bits per heavy atom. The molecule has 0 aliphatic heterocycles. The van der Waals surface area contributed by atoms with Gasteiger partial charge in [-0.15, -0.1) is 10.2 Å². The Kier molecular flexibility index (Phi) is 4.06. The van der Waals surface area contributed by atoms with Crippen LogP contribution in [0.1, 0.15) is 38.4 Å². The molecule has 3 N–H and O–H groups in total. The minimum absolute atomic E-state index is 0.266. The molecule has 1 aliphatic carbocycles. The SMILES string of the molecule is CC1CCCC(C(Cc2nnn(C)n2)NN)C1. The second kappa shape index (κ2) is 5.55. The van der Waals surface area contributed by atoms with Crippen molar-refractivity contribution < 1.29 is 0 Å². The van der Waals surface area contributed by atoms with E-state index in [1.807, 2.05) is 0 Å². The lowest BCUT2D eigenvalue weighted by atomic mass is 9.78. The Hall–Kier alpha value is -1.01. The third-order valence-electron chi connectivity index (χ3n) is 3.71. The standard InChI is InChI=1S/C11H22N6/c1-8-4-3-5-9(6-8)10(13-12)7-11-14-16-17(2)15-11/h8-10,13H,3-7,12H2,1-2H3. The van der Waals surface area contributed by atoms with Crippen molar-refractivity contribution in [2.75, 3.05) is 0 Å². The van der Waals surface area contributed by atoms with Crippen molar-refractivity contribution in [1.82, 2.24) is 25.6 Å². The molecule has 3 atom stereocenters. The van der Waals surface area contributed by atoms with Gasteiger partial charge in [0.1, 0.15) is 0 Å². The van der Waals surface area contributed by atoms with Crippen LogP contribution in [0.25, 0.3) is 0 Å². The number of aryl methyl sites for hydroxylation is 1. The average molecular weight is 238 g/mol. The fourth-order valence-corrected chi connectivity index (χ4v) is 2.81. The fraction of sp³-hybridized carbons (Fsp3) is 0.909. The van der Waals surface area contributed by atoms with Crippen LogP contribution in [0.2, 0.25) is 0 Å². The molecule has 1 aliphatic rings. The van der Waals surface area contributed by atoms with Gasteiger partial charge in [-0.3, -0.25) is 11.3 Å². The van der Waals surface area contributed by atoms with Gasteiger partial charge >= 0.3 is 0 Å². The predicted molar refractivity (Wildman–Crippen MR) is 64.7 cm³/mol. The second-order valence-corrected chi connectivity index (χ2v) is 5.20. The van der Waals surface area contributed by atoms with Crippen molar-refractivity contribution in [3.63, 3.8) is 0 Å². The van der Waals surface area contributed by atoms with Crippen LogP contribution in [-0.2, 0) is 13.5 Å². The van der Waals surface area contributed by atoms with E-state index in [0.717, 1.165) is 18.2 Å². The van der Waals surface area contributed by atoms with Gasteiger partial charge in [0, 0.05) is 12.5 Å². The van der Waals surface area contributed by atoms with Gasteiger partial charge in [-0.2, -0.15) is 4.80 Å². The molecule has 6 nitrogen and oxygen atoms in total. The summed E-state index contributed by atoms with van der Waals surface area (Å²) < 4.78 is 0. The van der Waals surface area contributed by atoms with Crippen LogP contribution < -0.4 is 11.3 Å². The van der Waals surface area contributed by atoms with Crippen molar-refractivity contribution in [2.24, 2.45) is 24.7 Å². The van der Waals surface area contributed by atoms with Crippen molar-refractivity contribution in [3.8, 4) is 0 Å². The lowest BCUT2D eigenvalue weighted by Crippen LogP contribution is -2.44. The molecule has 1 heterocycles. The van der Waals surface area contributed by atoms with E-state index >= 15 is 0 Å². The Bertz CT molecular complexity index is 349. The normalized spacial score (nSPS) is 27.0. The van der Waals surface area contributed by atoms with E-state index in [0.29, 0.717) is 5.92 Å². The number of rotatable bonds is 4. The molecule has 6 heteroatoms. The van der Waals surface area contributed by atoms with Crippen molar-refractivity contribution in [3.05, 3.63) is 5.82 Å².